The lowest BCUT2D eigenvalue weighted by Crippen LogP contribution is -2.23. The molecule has 0 aliphatic rings. The fourth-order valence-corrected chi connectivity index (χ4v) is 1.71. The summed E-state index contributed by atoms with van der Waals surface area (Å²) in [6.45, 7) is 15.7. The maximum absolute atomic E-state index is 4.01. The summed E-state index contributed by atoms with van der Waals surface area (Å²) in [6.07, 6.45) is 3.62. The van der Waals surface area contributed by atoms with Crippen molar-refractivity contribution in [1.29, 1.82) is 0 Å². The lowest BCUT2D eigenvalue weighted by Gasteiger charge is -2.20. The molecule has 2 nitrogen and oxygen atoms in total. The number of rotatable bonds is 7. The Morgan fingerprint density at radius 1 is 1.16 bits per heavy atom. The zero-order chi connectivity index (χ0) is 14.3. The maximum Gasteiger partial charge on any atom is 0.0538 e. The van der Waals surface area contributed by atoms with Gasteiger partial charge in [-0.15, -0.1) is 0 Å². The molecule has 0 aliphatic carbocycles. The van der Waals surface area contributed by atoms with Crippen molar-refractivity contribution in [3.05, 3.63) is 84.9 Å². The topological polar surface area (TPSA) is 24.1 Å². The minimum Gasteiger partial charge on any atom is -0.377 e. The van der Waals surface area contributed by atoms with E-state index >= 15 is 0 Å². The second-order valence-corrected chi connectivity index (χ2v) is 4.44. The highest BCUT2D eigenvalue weighted by Gasteiger charge is 2.07. The van der Waals surface area contributed by atoms with Crippen molar-refractivity contribution in [3.8, 4) is 0 Å². The monoisotopic (exact) mass is 254 g/mol. The number of hydrogen-bond acceptors (Lipinski definition) is 2. The van der Waals surface area contributed by atoms with Crippen molar-refractivity contribution in [2.75, 3.05) is 0 Å². The Labute approximate surface area is 116 Å². The molecule has 1 atom stereocenters. The molecule has 0 aromatic heterocycles. The summed E-state index contributed by atoms with van der Waals surface area (Å²) in [5.74, 6) is 0. The van der Waals surface area contributed by atoms with Crippen molar-refractivity contribution in [2.24, 2.45) is 0 Å². The van der Waals surface area contributed by atoms with Crippen LogP contribution in [0.5, 0.6) is 0 Å². The largest absolute Gasteiger partial charge is 0.377 e. The van der Waals surface area contributed by atoms with E-state index in [4.69, 9.17) is 0 Å². The Bertz CT molecular complexity index is 483. The van der Waals surface area contributed by atoms with E-state index in [1.807, 2.05) is 31.2 Å². The highest BCUT2D eigenvalue weighted by Crippen LogP contribution is 2.14. The molecule has 0 unspecified atom stereocenters. The Kier molecular flexibility index (Phi) is 5.68. The first-order valence-electron chi connectivity index (χ1n) is 6.30. The standard InChI is InChI=1S/C17H22N2/c1-6-10-13(2)18-14(3)15(4)19-16(5)17-11-8-7-9-12-17/h6-12,16,18-19H,1,3-4H2,2,5H3/b13-10+/t16-/m1/s1. The van der Waals surface area contributed by atoms with Crippen LogP contribution >= 0.6 is 0 Å². The van der Waals surface area contributed by atoms with Crippen molar-refractivity contribution in [1.82, 2.24) is 10.6 Å². The fourth-order valence-electron chi connectivity index (χ4n) is 1.71. The summed E-state index contributed by atoms with van der Waals surface area (Å²) in [6, 6.07) is 10.4. The van der Waals surface area contributed by atoms with E-state index in [-0.39, 0.29) is 6.04 Å². The van der Waals surface area contributed by atoms with Crippen LogP contribution in [0.1, 0.15) is 25.5 Å². The first kappa shape index (κ1) is 14.8. The van der Waals surface area contributed by atoms with Gasteiger partial charge in [0.2, 0.25) is 0 Å². The van der Waals surface area contributed by atoms with Gasteiger partial charge in [-0.25, -0.2) is 0 Å². The van der Waals surface area contributed by atoms with Crippen LogP contribution in [0.15, 0.2) is 79.3 Å². The van der Waals surface area contributed by atoms with Crippen molar-refractivity contribution in [3.63, 3.8) is 0 Å². The minimum absolute atomic E-state index is 0.191. The van der Waals surface area contributed by atoms with Gasteiger partial charge in [-0.1, -0.05) is 56.1 Å². The molecular weight excluding hydrogens is 232 g/mol. The Balaban J connectivity index is 2.58. The molecule has 1 rings (SSSR count). The van der Waals surface area contributed by atoms with Crippen LogP contribution in [0.25, 0.3) is 0 Å². The Hall–Kier alpha value is -2.22. The predicted molar refractivity (Wildman–Crippen MR) is 83.4 cm³/mol. The average molecular weight is 254 g/mol. The summed E-state index contributed by atoms with van der Waals surface area (Å²) < 4.78 is 0. The maximum atomic E-state index is 4.01. The molecule has 19 heavy (non-hydrogen) atoms. The fraction of sp³-hybridized carbons (Fsp3) is 0.176. The molecule has 2 heteroatoms. The van der Waals surface area contributed by atoms with E-state index in [0.29, 0.717) is 0 Å². The van der Waals surface area contributed by atoms with Crippen LogP contribution in [0.3, 0.4) is 0 Å². The van der Waals surface area contributed by atoms with Crippen LogP contribution in [0.2, 0.25) is 0 Å². The zero-order valence-corrected chi connectivity index (χ0v) is 11.7. The minimum atomic E-state index is 0.191. The van der Waals surface area contributed by atoms with Gasteiger partial charge in [-0.05, 0) is 25.5 Å². The lowest BCUT2D eigenvalue weighted by atomic mass is 10.1. The normalized spacial score (nSPS) is 12.4. The van der Waals surface area contributed by atoms with Gasteiger partial charge in [-0.2, -0.15) is 0 Å². The third-order valence-electron chi connectivity index (χ3n) is 2.77. The van der Waals surface area contributed by atoms with Crippen molar-refractivity contribution >= 4 is 0 Å². The van der Waals surface area contributed by atoms with Gasteiger partial charge in [0.05, 0.1) is 11.4 Å². The molecule has 1 aromatic carbocycles. The van der Waals surface area contributed by atoms with E-state index in [0.717, 1.165) is 17.1 Å². The van der Waals surface area contributed by atoms with Gasteiger partial charge >= 0.3 is 0 Å². The quantitative estimate of drug-likeness (QED) is 0.717. The average Bonchev–Trinajstić information content (AvgIpc) is 2.39. The van der Waals surface area contributed by atoms with Gasteiger partial charge < -0.3 is 10.6 Å². The summed E-state index contributed by atoms with van der Waals surface area (Å²) in [5.41, 5.74) is 3.75. The molecule has 100 valence electrons. The Morgan fingerprint density at radius 2 is 1.79 bits per heavy atom. The second-order valence-electron chi connectivity index (χ2n) is 4.44. The van der Waals surface area contributed by atoms with E-state index in [2.05, 4.69) is 49.4 Å². The van der Waals surface area contributed by atoms with Crippen molar-refractivity contribution in [2.45, 2.75) is 19.9 Å². The molecule has 2 N–H and O–H groups in total. The van der Waals surface area contributed by atoms with Crippen LogP contribution in [-0.2, 0) is 0 Å². The first-order chi connectivity index (χ1) is 9.04. The van der Waals surface area contributed by atoms with Gasteiger partial charge in [0.25, 0.3) is 0 Å². The summed E-state index contributed by atoms with van der Waals surface area (Å²) in [7, 11) is 0. The highest BCUT2D eigenvalue weighted by atomic mass is 15.0. The summed E-state index contributed by atoms with van der Waals surface area (Å²) in [4.78, 5) is 0. The first-order valence-corrected chi connectivity index (χ1v) is 6.30. The van der Waals surface area contributed by atoms with Gasteiger partial charge in [0.15, 0.2) is 0 Å². The van der Waals surface area contributed by atoms with Crippen LogP contribution < -0.4 is 10.6 Å². The zero-order valence-electron chi connectivity index (χ0n) is 11.7. The molecule has 0 fully saturated rings. The molecule has 0 spiro atoms. The number of benzene rings is 1. The second kappa shape index (κ2) is 7.27. The molecular formula is C17H22N2. The predicted octanol–water partition coefficient (Wildman–Crippen LogP) is 4.04. The van der Waals surface area contributed by atoms with Crippen LogP contribution in [0, 0.1) is 0 Å². The molecule has 0 aliphatic heterocycles. The van der Waals surface area contributed by atoms with Gasteiger partial charge in [0.1, 0.15) is 0 Å². The van der Waals surface area contributed by atoms with Crippen LogP contribution in [-0.4, -0.2) is 0 Å². The molecule has 0 saturated heterocycles. The molecule has 0 radical (unpaired) electrons. The van der Waals surface area contributed by atoms with E-state index in [1.165, 1.54) is 5.56 Å². The number of nitrogens with one attached hydrogen (secondary N) is 2. The molecule has 0 bridgehead atoms. The van der Waals surface area contributed by atoms with Crippen molar-refractivity contribution < 1.29 is 0 Å². The third kappa shape index (κ3) is 4.88. The highest BCUT2D eigenvalue weighted by molar-refractivity contribution is 5.28. The molecule has 0 amide bonds. The Morgan fingerprint density at radius 3 is 2.37 bits per heavy atom. The lowest BCUT2D eigenvalue weighted by molar-refractivity contribution is 0.653. The van der Waals surface area contributed by atoms with E-state index in [1.54, 1.807) is 6.08 Å². The third-order valence-corrected chi connectivity index (χ3v) is 2.77. The van der Waals surface area contributed by atoms with Gasteiger partial charge in [0, 0.05) is 11.7 Å². The summed E-state index contributed by atoms with van der Waals surface area (Å²) >= 11 is 0. The SMILES string of the molecule is C=C/C=C(\C)NC(=C)C(=C)N[C@H](C)c1ccccc1. The van der Waals surface area contributed by atoms with Gasteiger partial charge in [-0.3, -0.25) is 0 Å². The van der Waals surface area contributed by atoms with Crippen LogP contribution in [0.4, 0.5) is 0 Å². The number of allylic oxidation sites excluding steroid dienone is 3. The molecule has 1 aromatic rings. The molecule has 0 heterocycles. The molecule has 0 saturated carbocycles. The smallest absolute Gasteiger partial charge is 0.0538 e. The summed E-state index contributed by atoms with van der Waals surface area (Å²) in [5, 5.41) is 6.50. The van der Waals surface area contributed by atoms with E-state index in [9.17, 15) is 0 Å². The number of hydrogen-bond donors (Lipinski definition) is 2. The van der Waals surface area contributed by atoms with E-state index < -0.39 is 0 Å².